The fourth-order valence-corrected chi connectivity index (χ4v) is 7.73. The zero-order valence-corrected chi connectivity index (χ0v) is 25.4. The van der Waals surface area contributed by atoms with Crippen LogP contribution < -0.4 is 0 Å². The molecule has 1 aliphatic rings. The van der Waals surface area contributed by atoms with Crippen LogP contribution in [-0.4, -0.2) is 4.98 Å². The maximum Gasteiger partial charge on any atom is 0.0273 e. The first kappa shape index (κ1) is 25.9. The van der Waals surface area contributed by atoms with Gasteiger partial charge in [0.1, 0.15) is 0 Å². The molecule has 8 aromatic rings. The minimum absolute atomic E-state index is 0.0687. The molecule has 45 heavy (non-hydrogen) atoms. The van der Waals surface area contributed by atoms with Gasteiger partial charge >= 0.3 is 0 Å². The summed E-state index contributed by atoms with van der Waals surface area (Å²) in [4.78, 5) is 4.34. The maximum absolute atomic E-state index is 4.34. The highest BCUT2D eigenvalue weighted by molar-refractivity contribution is 6.22. The quantitative estimate of drug-likeness (QED) is 0.192. The van der Waals surface area contributed by atoms with Gasteiger partial charge in [0.15, 0.2) is 0 Å². The molecule has 9 rings (SSSR count). The molecule has 7 aromatic carbocycles. The fourth-order valence-electron chi connectivity index (χ4n) is 7.73. The molecular weight excluding hydrogens is 542 g/mol. The molecule has 0 N–H and O–H groups in total. The van der Waals surface area contributed by atoms with Crippen LogP contribution in [0.4, 0.5) is 0 Å². The van der Waals surface area contributed by atoms with Crippen LogP contribution in [0.15, 0.2) is 152 Å². The van der Waals surface area contributed by atoms with Crippen molar-refractivity contribution in [3.8, 4) is 44.5 Å². The van der Waals surface area contributed by atoms with Crippen LogP contribution in [-0.2, 0) is 5.41 Å². The second-order valence-electron chi connectivity index (χ2n) is 12.8. The molecule has 0 spiro atoms. The molecule has 0 aliphatic heterocycles. The predicted octanol–water partition coefficient (Wildman–Crippen LogP) is 11.8. The van der Waals surface area contributed by atoms with E-state index in [1.165, 1.54) is 88.0 Å². The van der Waals surface area contributed by atoms with E-state index in [1.54, 1.807) is 0 Å². The second-order valence-corrected chi connectivity index (χ2v) is 12.8. The molecule has 0 saturated carbocycles. The van der Waals surface area contributed by atoms with Gasteiger partial charge in [0.25, 0.3) is 0 Å². The third-order valence-electron chi connectivity index (χ3n) is 9.95. The van der Waals surface area contributed by atoms with Gasteiger partial charge in [0, 0.05) is 17.8 Å². The van der Waals surface area contributed by atoms with E-state index in [1.807, 2.05) is 12.4 Å². The van der Waals surface area contributed by atoms with E-state index in [2.05, 4.69) is 158 Å². The zero-order chi connectivity index (χ0) is 30.1. The van der Waals surface area contributed by atoms with Crippen molar-refractivity contribution in [3.05, 3.63) is 163 Å². The third-order valence-corrected chi connectivity index (χ3v) is 9.95. The van der Waals surface area contributed by atoms with Crippen LogP contribution in [0.2, 0.25) is 0 Å². The van der Waals surface area contributed by atoms with Gasteiger partial charge in [-0.2, -0.15) is 0 Å². The van der Waals surface area contributed by atoms with Gasteiger partial charge in [-0.15, -0.1) is 0 Å². The molecule has 0 unspecified atom stereocenters. The number of nitrogens with zero attached hydrogens (tertiary/aromatic N) is 1. The van der Waals surface area contributed by atoms with E-state index in [4.69, 9.17) is 0 Å². The average molecular weight is 574 g/mol. The van der Waals surface area contributed by atoms with Gasteiger partial charge in [-0.25, -0.2) is 0 Å². The highest BCUT2D eigenvalue weighted by Crippen LogP contribution is 2.51. The third kappa shape index (κ3) is 3.90. The second kappa shape index (κ2) is 9.74. The number of hydrogen-bond acceptors (Lipinski definition) is 1. The Hall–Kier alpha value is -5.53. The molecule has 1 nitrogen and oxygen atoms in total. The molecule has 0 saturated heterocycles. The van der Waals surface area contributed by atoms with Crippen molar-refractivity contribution in [2.24, 2.45) is 0 Å². The van der Waals surface area contributed by atoms with Crippen molar-refractivity contribution in [2.45, 2.75) is 19.3 Å². The molecule has 0 amide bonds. The number of hydrogen-bond donors (Lipinski definition) is 0. The SMILES string of the molecule is CC1(C)c2ccccc2-c2ccc(-c3c4ccccc4c(-c4ccncc4)c4ccc(-c5ccc6ccccc6c5)cc34)cc21. The van der Waals surface area contributed by atoms with Crippen LogP contribution in [0.1, 0.15) is 25.0 Å². The number of pyridine rings is 1. The summed E-state index contributed by atoms with van der Waals surface area (Å²) in [6.07, 6.45) is 3.79. The van der Waals surface area contributed by atoms with E-state index in [-0.39, 0.29) is 5.41 Å². The largest absolute Gasteiger partial charge is 0.265 e. The van der Waals surface area contributed by atoms with Crippen LogP contribution in [0.3, 0.4) is 0 Å². The minimum atomic E-state index is -0.0687. The van der Waals surface area contributed by atoms with E-state index in [0.717, 1.165) is 0 Å². The van der Waals surface area contributed by atoms with Crippen molar-refractivity contribution >= 4 is 32.3 Å². The van der Waals surface area contributed by atoms with Crippen LogP contribution in [0, 0.1) is 0 Å². The lowest BCUT2D eigenvalue weighted by molar-refractivity contribution is 0.660. The summed E-state index contributed by atoms with van der Waals surface area (Å²) in [6.45, 7) is 4.73. The maximum atomic E-state index is 4.34. The van der Waals surface area contributed by atoms with Gasteiger partial charge in [-0.05, 0) is 118 Å². The first-order chi connectivity index (χ1) is 22.1. The highest BCUT2D eigenvalue weighted by atomic mass is 14.6. The Morgan fingerprint density at radius 1 is 0.400 bits per heavy atom. The van der Waals surface area contributed by atoms with Crippen molar-refractivity contribution in [3.63, 3.8) is 0 Å². The monoisotopic (exact) mass is 573 g/mol. The highest BCUT2D eigenvalue weighted by Gasteiger charge is 2.35. The van der Waals surface area contributed by atoms with Gasteiger partial charge in [0.2, 0.25) is 0 Å². The van der Waals surface area contributed by atoms with Crippen LogP contribution in [0.5, 0.6) is 0 Å². The van der Waals surface area contributed by atoms with Crippen LogP contribution >= 0.6 is 0 Å². The van der Waals surface area contributed by atoms with Crippen molar-refractivity contribution in [1.82, 2.24) is 4.98 Å². The summed E-state index contributed by atoms with van der Waals surface area (Å²) in [5.74, 6) is 0. The summed E-state index contributed by atoms with van der Waals surface area (Å²) in [5, 5.41) is 7.55. The zero-order valence-electron chi connectivity index (χ0n) is 25.4. The molecule has 212 valence electrons. The standard InChI is InChI=1S/C44H31N/c1-44(2)40-14-8-7-11-34(40)35-19-18-33(27-41(35)44)43-37-13-6-5-12-36(37)42(29-21-23-45-24-22-29)38-20-17-32(26-39(38)43)31-16-15-28-9-3-4-10-30(28)25-31/h3-27H,1-2H3. The fraction of sp³-hybridized carbons (Fsp3) is 0.0682. The van der Waals surface area contributed by atoms with E-state index < -0.39 is 0 Å². The smallest absolute Gasteiger partial charge is 0.0273 e. The van der Waals surface area contributed by atoms with Crippen molar-refractivity contribution in [2.75, 3.05) is 0 Å². The molecular formula is C44H31N. The molecule has 1 heteroatoms. The average Bonchev–Trinajstić information content (AvgIpc) is 3.32. The summed E-state index contributed by atoms with van der Waals surface area (Å²) in [5.41, 5.74) is 12.9. The van der Waals surface area contributed by atoms with E-state index in [9.17, 15) is 0 Å². The lowest BCUT2D eigenvalue weighted by Crippen LogP contribution is -2.14. The molecule has 0 bridgehead atoms. The van der Waals surface area contributed by atoms with E-state index in [0.29, 0.717) is 0 Å². The lowest BCUT2D eigenvalue weighted by atomic mass is 9.80. The summed E-state index contributed by atoms with van der Waals surface area (Å²) in [7, 11) is 0. The Morgan fingerprint density at radius 2 is 1.00 bits per heavy atom. The number of aromatic nitrogens is 1. The molecule has 1 aromatic heterocycles. The predicted molar refractivity (Wildman–Crippen MR) is 191 cm³/mol. The molecule has 0 fully saturated rings. The van der Waals surface area contributed by atoms with Gasteiger partial charge in [-0.1, -0.05) is 123 Å². The minimum Gasteiger partial charge on any atom is -0.265 e. The Balaban J connectivity index is 1.37. The number of benzene rings is 7. The Kier molecular flexibility index (Phi) is 5.61. The molecule has 0 radical (unpaired) electrons. The first-order valence-electron chi connectivity index (χ1n) is 15.7. The van der Waals surface area contributed by atoms with Gasteiger partial charge in [-0.3, -0.25) is 4.98 Å². The lowest BCUT2D eigenvalue weighted by Gasteiger charge is -2.23. The summed E-state index contributed by atoms with van der Waals surface area (Å²) in [6, 6.07) is 51.7. The summed E-state index contributed by atoms with van der Waals surface area (Å²) < 4.78 is 0. The van der Waals surface area contributed by atoms with Crippen LogP contribution in [0.25, 0.3) is 76.8 Å². The normalized spacial score (nSPS) is 13.3. The number of fused-ring (bicyclic) bond motifs is 6. The van der Waals surface area contributed by atoms with Crippen molar-refractivity contribution < 1.29 is 0 Å². The molecule has 1 aliphatic carbocycles. The summed E-state index contributed by atoms with van der Waals surface area (Å²) >= 11 is 0. The molecule has 1 heterocycles. The van der Waals surface area contributed by atoms with Crippen molar-refractivity contribution in [1.29, 1.82) is 0 Å². The Bertz CT molecular complexity index is 2450. The Morgan fingerprint density at radius 3 is 1.82 bits per heavy atom. The first-order valence-corrected chi connectivity index (χ1v) is 15.7. The van der Waals surface area contributed by atoms with Gasteiger partial charge < -0.3 is 0 Å². The van der Waals surface area contributed by atoms with Gasteiger partial charge in [0.05, 0.1) is 0 Å². The Labute approximate surface area is 263 Å². The number of rotatable bonds is 3. The van der Waals surface area contributed by atoms with E-state index >= 15 is 0 Å². The molecule has 0 atom stereocenters. The topological polar surface area (TPSA) is 12.9 Å².